The van der Waals surface area contributed by atoms with Crippen LogP contribution in [0.1, 0.15) is 68.4 Å². The van der Waals surface area contributed by atoms with Crippen molar-refractivity contribution in [2.24, 2.45) is 0 Å². The fourth-order valence-electron chi connectivity index (χ4n) is 3.43. The van der Waals surface area contributed by atoms with E-state index >= 15 is 0 Å². The maximum Gasteiger partial charge on any atom is 0.247 e. The summed E-state index contributed by atoms with van der Waals surface area (Å²) in [4.78, 5) is 44.3. The molecule has 1 atom stereocenters. The fourth-order valence-corrected chi connectivity index (χ4v) is 4.61. The van der Waals surface area contributed by atoms with Crippen molar-refractivity contribution < 1.29 is 14.4 Å². The molecule has 5 nitrogen and oxygen atoms in total. The standard InChI is InChI=1S/C24H28N2O3S/c1-3-5-10-17-14-15-19(20(27)13-6-4-2)23(25-17)30-21-16-22(28)26(24(21)29)18-11-8-7-9-12-18/h7-9,11-12,14-15,21H,3-6,10,13,16H2,1-2H3/t21-/m0/s1. The zero-order chi connectivity index (χ0) is 21.5. The highest BCUT2D eigenvalue weighted by Crippen LogP contribution is 2.35. The number of ketones is 1. The Hall–Kier alpha value is -2.47. The number of pyridine rings is 1. The van der Waals surface area contributed by atoms with Gasteiger partial charge in [0.15, 0.2) is 5.78 Å². The molecule has 1 aromatic carbocycles. The Kier molecular flexibility index (Phi) is 7.80. The van der Waals surface area contributed by atoms with E-state index in [9.17, 15) is 14.4 Å². The van der Waals surface area contributed by atoms with E-state index in [1.165, 1.54) is 16.7 Å². The molecule has 3 rings (SSSR count). The number of aromatic nitrogens is 1. The first-order valence-electron chi connectivity index (χ1n) is 10.7. The second-order valence-electron chi connectivity index (χ2n) is 7.50. The van der Waals surface area contributed by atoms with Crippen molar-refractivity contribution in [3.05, 3.63) is 53.7 Å². The molecular formula is C24H28N2O3S. The van der Waals surface area contributed by atoms with E-state index in [-0.39, 0.29) is 24.0 Å². The smallest absolute Gasteiger partial charge is 0.247 e. The molecule has 2 heterocycles. The molecule has 30 heavy (non-hydrogen) atoms. The summed E-state index contributed by atoms with van der Waals surface area (Å²) in [6, 6.07) is 12.7. The highest BCUT2D eigenvalue weighted by molar-refractivity contribution is 8.00. The van der Waals surface area contributed by atoms with Crippen LogP contribution in [0.15, 0.2) is 47.5 Å². The SMILES string of the molecule is CCCCC(=O)c1ccc(CCCC)nc1S[C@H]1CC(=O)N(c2ccccc2)C1=O. The number of carbonyl (C=O) groups is 3. The summed E-state index contributed by atoms with van der Waals surface area (Å²) in [7, 11) is 0. The number of benzene rings is 1. The molecule has 0 unspecified atom stereocenters. The Bertz CT molecular complexity index is 914. The van der Waals surface area contributed by atoms with Crippen LogP contribution < -0.4 is 4.90 Å². The van der Waals surface area contributed by atoms with E-state index in [1.54, 1.807) is 24.3 Å². The Morgan fingerprint density at radius 2 is 1.80 bits per heavy atom. The maximum absolute atomic E-state index is 13.0. The molecule has 0 bridgehead atoms. The van der Waals surface area contributed by atoms with Crippen molar-refractivity contribution in [1.29, 1.82) is 0 Å². The van der Waals surface area contributed by atoms with Crippen LogP contribution in [0.4, 0.5) is 5.69 Å². The lowest BCUT2D eigenvalue weighted by molar-refractivity contribution is -0.121. The second-order valence-corrected chi connectivity index (χ2v) is 8.69. The van der Waals surface area contributed by atoms with Crippen molar-refractivity contribution in [3.63, 3.8) is 0 Å². The first-order valence-corrected chi connectivity index (χ1v) is 11.5. The summed E-state index contributed by atoms with van der Waals surface area (Å²) < 4.78 is 0. The van der Waals surface area contributed by atoms with Crippen LogP contribution in [-0.4, -0.2) is 27.8 Å². The van der Waals surface area contributed by atoms with Crippen molar-refractivity contribution in [2.45, 2.75) is 69.1 Å². The van der Waals surface area contributed by atoms with Gasteiger partial charge in [0.25, 0.3) is 0 Å². The Labute approximate surface area is 182 Å². The van der Waals surface area contributed by atoms with Crippen LogP contribution in [0, 0.1) is 0 Å². The molecule has 2 aromatic rings. The zero-order valence-electron chi connectivity index (χ0n) is 17.6. The zero-order valence-corrected chi connectivity index (χ0v) is 18.4. The lowest BCUT2D eigenvalue weighted by Crippen LogP contribution is -2.31. The maximum atomic E-state index is 13.0. The number of thioether (sulfide) groups is 1. The van der Waals surface area contributed by atoms with Crippen LogP contribution in [-0.2, 0) is 16.0 Å². The molecular weight excluding hydrogens is 396 g/mol. The van der Waals surface area contributed by atoms with Gasteiger partial charge in [-0.1, -0.05) is 56.7 Å². The highest BCUT2D eigenvalue weighted by Gasteiger charge is 2.40. The van der Waals surface area contributed by atoms with Crippen LogP contribution in [0.5, 0.6) is 0 Å². The van der Waals surface area contributed by atoms with E-state index in [1.807, 2.05) is 18.2 Å². The number of carbonyl (C=O) groups excluding carboxylic acids is 3. The van der Waals surface area contributed by atoms with E-state index in [0.717, 1.165) is 37.8 Å². The molecule has 0 spiro atoms. The van der Waals surface area contributed by atoms with Gasteiger partial charge in [-0.15, -0.1) is 0 Å². The number of Topliss-reactive ketones (excluding diaryl/α,β-unsaturated/α-hetero) is 1. The molecule has 1 aliphatic rings. The lowest BCUT2D eigenvalue weighted by Gasteiger charge is -2.15. The second kappa shape index (κ2) is 10.5. The van der Waals surface area contributed by atoms with Crippen molar-refractivity contribution in [2.75, 3.05) is 4.90 Å². The van der Waals surface area contributed by atoms with Gasteiger partial charge in [0, 0.05) is 24.1 Å². The summed E-state index contributed by atoms with van der Waals surface area (Å²) in [6.45, 7) is 4.18. The third kappa shape index (κ3) is 5.17. The third-order valence-electron chi connectivity index (χ3n) is 5.14. The van der Waals surface area contributed by atoms with Gasteiger partial charge >= 0.3 is 0 Å². The first-order chi connectivity index (χ1) is 14.5. The molecule has 1 aliphatic heterocycles. The minimum Gasteiger partial charge on any atom is -0.294 e. The van der Waals surface area contributed by atoms with Crippen molar-refractivity contribution >= 4 is 35.0 Å². The van der Waals surface area contributed by atoms with Crippen molar-refractivity contribution in [3.8, 4) is 0 Å². The van der Waals surface area contributed by atoms with Gasteiger partial charge < -0.3 is 0 Å². The van der Waals surface area contributed by atoms with Gasteiger partial charge in [-0.2, -0.15) is 0 Å². The molecule has 1 saturated heterocycles. The molecule has 1 aromatic heterocycles. The number of rotatable bonds is 10. The van der Waals surface area contributed by atoms with Crippen LogP contribution in [0.3, 0.4) is 0 Å². The molecule has 0 N–H and O–H groups in total. The lowest BCUT2D eigenvalue weighted by atomic mass is 10.1. The third-order valence-corrected chi connectivity index (χ3v) is 6.32. The summed E-state index contributed by atoms with van der Waals surface area (Å²) >= 11 is 1.25. The molecule has 158 valence electrons. The minimum atomic E-state index is -0.565. The van der Waals surface area contributed by atoms with Gasteiger partial charge in [-0.3, -0.25) is 14.4 Å². The van der Waals surface area contributed by atoms with E-state index in [4.69, 9.17) is 4.98 Å². The minimum absolute atomic E-state index is 0.0468. The number of amides is 2. The monoisotopic (exact) mass is 424 g/mol. The molecule has 2 amide bonds. The molecule has 6 heteroatoms. The van der Waals surface area contributed by atoms with Gasteiger partial charge in [0.05, 0.1) is 10.9 Å². The molecule has 0 aliphatic carbocycles. The summed E-state index contributed by atoms with van der Waals surface area (Å²) in [5.41, 5.74) is 2.06. The number of aryl methyl sites for hydroxylation is 1. The summed E-state index contributed by atoms with van der Waals surface area (Å²) in [6.07, 6.45) is 5.25. The first kappa shape index (κ1) is 22.2. The largest absolute Gasteiger partial charge is 0.294 e. The fraction of sp³-hybridized carbons (Fsp3) is 0.417. The average molecular weight is 425 g/mol. The number of unbranched alkanes of at least 4 members (excludes halogenated alkanes) is 2. The molecule has 0 saturated carbocycles. The van der Waals surface area contributed by atoms with E-state index in [2.05, 4.69) is 13.8 Å². The number of hydrogen-bond acceptors (Lipinski definition) is 5. The Balaban J connectivity index is 1.85. The average Bonchev–Trinajstić information content (AvgIpc) is 3.04. The Morgan fingerprint density at radius 1 is 1.07 bits per heavy atom. The number of anilines is 1. The van der Waals surface area contributed by atoms with Crippen LogP contribution in [0.25, 0.3) is 0 Å². The van der Waals surface area contributed by atoms with Gasteiger partial charge in [0.1, 0.15) is 5.03 Å². The summed E-state index contributed by atoms with van der Waals surface area (Å²) in [5.74, 6) is -0.417. The summed E-state index contributed by atoms with van der Waals surface area (Å²) in [5, 5.41) is 0.00937. The predicted molar refractivity (Wildman–Crippen MR) is 120 cm³/mol. The number of imide groups is 1. The van der Waals surface area contributed by atoms with Gasteiger partial charge in [-0.25, -0.2) is 9.88 Å². The number of para-hydroxylation sites is 1. The highest BCUT2D eigenvalue weighted by atomic mass is 32.2. The van der Waals surface area contributed by atoms with E-state index < -0.39 is 5.25 Å². The Morgan fingerprint density at radius 3 is 2.50 bits per heavy atom. The van der Waals surface area contributed by atoms with Crippen LogP contribution >= 0.6 is 11.8 Å². The normalized spacial score (nSPS) is 16.3. The van der Waals surface area contributed by atoms with Gasteiger partial charge in [-0.05, 0) is 43.5 Å². The number of hydrogen-bond donors (Lipinski definition) is 0. The topological polar surface area (TPSA) is 67.3 Å². The van der Waals surface area contributed by atoms with Crippen molar-refractivity contribution in [1.82, 2.24) is 4.98 Å². The quantitative estimate of drug-likeness (QED) is 0.386. The molecule has 1 fully saturated rings. The molecule has 0 radical (unpaired) electrons. The van der Waals surface area contributed by atoms with Crippen LogP contribution in [0.2, 0.25) is 0 Å². The predicted octanol–water partition coefficient (Wildman–Crippen LogP) is 5.22. The van der Waals surface area contributed by atoms with Gasteiger partial charge in [0.2, 0.25) is 11.8 Å². The number of nitrogens with zero attached hydrogens (tertiary/aromatic N) is 2. The van der Waals surface area contributed by atoms with E-state index in [0.29, 0.717) is 22.7 Å².